The zero-order valence-corrected chi connectivity index (χ0v) is 15.4. The van der Waals surface area contributed by atoms with Gasteiger partial charge in [0, 0.05) is 38.1 Å². The molecule has 2 heterocycles. The number of hydrogen-bond acceptors (Lipinski definition) is 5. The molecule has 4 rings (SSSR count). The van der Waals surface area contributed by atoms with Crippen molar-refractivity contribution in [3.63, 3.8) is 0 Å². The molecule has 7 heteroatoms. The standard InChI is InChI=1S/C19H21N3O3S/c1-15-5-4-6-16(13-15)26(23,24)22-11-9-21(10-12-22)14-18-17-7-2-3-8-19(17)25-20-18/h2-8,13H,9-12,14H2,1H3. The summed E-state index contributed by atoms with van der Waals surface area (Å²) in [6, 6.07) is 14.9. The van der Waals surface area contributed by atoms with Crippen molar-refractivity contribution >= 4 is 21.0 Å². The third-order valence-electron chi connectivity index (χ3n) is 4.78. The lowest BCUT2D eigenvalue weighted by atomic mass is 10.2. The Morgan fingerprint density at radius 3 is 2.58 bits per heavy atom. The van der Waals surface area contributed by atoms with Crippen LogP contribution in [0.1, 0.15) is 11.3 Å². The highest BCUT2D eigenvalue weighted by Crippen LogP contribution is 2.22. The molecule has 6 nitrogen and oxygen atoms in total. The molecule has 0 amide bonds. The molecule has 1 saturated heterocycles. The van der Waals surface area contributed by atoms with Crippen LogP contribution in [0.25, 0.3) is 11.0 Å². The molecule has 0 spiro atoms. The minimum absolute atomic E-state index is 0.369. The molecule has 0 bridgehead atoms. The van der Waals surface area contributed by atoms with E-state index in [0.29, 0.717) is 37.6 Å². The quantitative estimate of drug-likeness (QED) is 0.705. The number of aromatic nitrogens is 1. The fourth-order valence-electron chi connectivity index (χ4n) is 3.32. The minimum Gasteiger partial charge on any atom is -0.356 e. The summed E-state index contributed by atoms with van der Waals surface area (Å²) >= 11 is 0. The van der Waals surface area contributed by atoms with E-state index < -0.39 is 10.0 Å². The molecule has 0 aliphatic carbocycles. The molecule has 0 N–H and O–H groups in total. The van der Waals surface area contributed by atoms with Gasteiger partial charge in [-0.1, -0.05) is 29.4 Å². The number of fused-ring (bicyclic) bond motifs is 1. The summed E-state index contributed by atoms with van der Waals surface area (Å²) in [4.78, 5) is 2.58. The topological polar surface area (TPSA) is 66.7 Å². The lowest BCUT2D eigenvalue weighted by Gasteiger charge is -2.33. The first-order chi connectivity index (χ1) is 12.5. The van der Waals surface area contributed by atoms with E-state index in [-0.39, 0.29) is 0 Å². The maximum Gasteiger partial charge on any atom is 0.243 e. The molecule has 0 unspecified atom stereocenters. The fraction of sp³-hybridized carbons (Fsp3) is 0.316. The number of benzene rings is 2. The Bertz CT molecular complexity index is 1020. The van der Waals surface area contributed by atoms with Gasteiger partial charge in [0.2, 0.25) is 10.0 Å². The Hall–Kier alpha value is -2.22. The molecule has 3 aromatic rings. The van der Waals surface area contributed by atoms with Crippen LogP contribution in [0.2, 0.25) is 0 Å². The van der Waals surface area contributed by atoms with E-state index >= 15 is 0 Å². The van der Waals surface area contributed by atoms with Gasteiger partial charge in [0.25, 0.3) is 0 Å². The number of para-hydroxylation sites is 1. The Labute approximate surface area is 153 Å². The second kappa shape index (κ2) is 6.83. The minimum atomic E-state index is -3.43. The molecule has 1 aromatic heterocycles. The highest BCUT2D eigenvalue weighted by Gasteiger charge is 2.29. The van der Waals surface area contributed by atoms with Gasteiger partial charge in [-0.15, -0.1) is 0 Å². The van der Waals surface area contributed by atoms with Crippen molar-refractivity contribution < 1.29 is 12.9 Å². The van der Waals surface area contributed by atoms with Crippen LogP contribution in [0.4, 0.5) is 0 Å². The first-order valence-electron chi connectivity index (χ1n) is 8.66. The summed E-state index contributed by atoms with van der Waals surface area (Å²) < 4.78 is 32.6. The third kappa shape index (κ3) is 3.25. The summed E-state index contributed by atoms with van der Waals surface area (Å²) in [7, 11) is -3.43. The van der Waals surface area contributed by atoms with Crippen molar-refractivity contribution in [3.8, 4) is 0 Å². The van der Waals surface area contributed by atoms with E-state index in [1.807, 2.05) is 37.3 Å². The SMILES string of the molecule is Cc1cccc(S(=O)(=O)N2CCN(Cc3noc4ccccc34)CC2)c1. The van der Waals surface area contributed by atoms with Crippen LogP contribution in [0.3, 0.4) is 0 Å². The smallest absolute Gasteiger partial charge is 0.243 e. The van der Waals surface area contributed by atoms with E-state index in [4.69, 9.17) is 4.52 Å². The van der Waals surface area contributed by atoms with Crippen molar-refractivity contribution in [2.45, 2.75) is 18.4 Å². The predicted molar refractivity (Wildman–Crippen MR) is 99.2 cm³/mol. The van der Waals surface area contributed by atoms with Gasteiger partial charge in [-0.2, -0.15) is 4.31 Å². The number of sulfonamides is 1. The van der Waals surface area contributed by atoms with E-state index in [1.54, 1.807) is 22.5 Å². The lowest BCUT2D eigenvalue weighted by molar-refractivity contribution is 0.178. The Kier molecular flexibility index (Phi) is 4.52. The van der Waals surface area contributed by atoms with Crippen molar-refractivity contribution in [3.05, 3.63) is 59.8 Å². The molecule has 136 valence electrons. The highest BCUT2D eigenvalue weighted by molar-refractivity contribution is 7.89. The maximum atomic E-state index is 12.8. The second-order valence-corrected chi connectivity index (χ2v) is 8.56. The molecule has 26 heavy (non-hydrogen) atoms. The molecule has 0 radical (unpaired) electrons. The van der Waals surface area contributed by atoms with Crippen molar-refractivity contribution in [1.29, 1.82) is 0 Å². The van der Waals surface area contributed by atoms with Crippen LogP contribution in [0, 0.1) is 6.92 Å². The Morgan fingerprint density at radius 2 is 1.81 bits per heavy atom. The average Bonchev–Trinajstić information content (AvgIpc) is 3.05. The van der Waals surface area contributed by atoms with Gasteiger partial charge in [-0.25, -0.2) is 8.42 Å². The predicted octanol–water partition coefficient (Wildman–Crippen LogP) is 2.64. The van der Waals surface area contributed by atoms with Gasteiger partial charge in [0.15, 0.2) is 5.58 Å². The number of rotatable bonds is 4. The van der Waals surface area contributed by atoms with Crippen LogP contribution in [0.15, 0.2) is 57.9 Å². The third-order valence-corrected chi connectivity index (χ3v) is 6.68. The number of nitrogens with zero attached hydrogens (tertiary/aromatic N) is 3. The Morgan fingerprint density at radius 1 is 1.04 bits per heavy atom. The summed E-state index contributed by atoms with van der Waals surface area (Å²) in [6.07, 6.45) is 0. The normalized spacial score (nSPS) is 17.0. The van der Waals surface area contributed by atoms with Crippen LogP contribution in [-0.2, 0) is 16.6 Å². The molecule has 1 aliphatic heterocycles. The van der Waals surface area contributed by atoms with Gasteiger partial charge >= 0.3 is 0 Å². The van der Waals surface area contributed by atoms with Crippen LogP contribution >= 0.6 is 0 Å². The van der Waals surface area contributed by atoms with E-state index in [1.165, 1.54) is 0 Å². The summed E-state index contributed by atoms with van der Waals surface area (Å²) in [5, 5.41) is 5.18. The van der Waals surface area contributed by atoms with Gasteiger partial charge in [-0.3, -0.25) is 4.90 Å². The van der Waals surface area contributed by atoms with E-state index in [0.717, 1.165) is 22.2 Å². The maximum absolute atomic E-state index is 12.8. The molecule has 1 aliphatic rings. The van der Waals surface area contributed by atoms with E-state index in [2.05, 4.69) is 10.1 Å². The average molecular weight is 371 g/mol. The van der Waals surface area contributed by atoms with Crippen molar-refractivity contribution in [2.75, 3.05) is 26.2 Å². The zero-order valence-electron chi connectivity index (χ0n) is 14.6. The van der Waals surface area contributed by atoms with Crippen LogP contribution in [0.5, 0.6) is 0 Å². The van der Waals surface area contributed by atoms with Crippen LogP contribution < -0.4 is 0 Å². The van der Waals surface area contributed by atoms with Crippen molar-refractivity contribution in [1.82, 2.24) is 14.4 Å². The summed E-state index contributed by atoms with van der Waals surface area (Å²) in [6.45, 7) is 4.87. The lowest BCUT2D eigenvalue weighted by Crippen LogP contribution is -2.48. The summed E-state index contributed by atoms with van der Waals surface area (Å²) in [5.74, 6) is 0. The molecule has 0 saturated carbocycles. The highest BCUT2D eigenvalue weighted by atomic mass is 32.2. The van der Waals surface area contributed by atoms with Crippen molar-refractivity contribution in [2.24, 2.45) is 0 Å². The van der Waals surface area contributed by atoms with Gasteiger partial charge in [0.05, 0.1) is 4.90 Å². The first-order valence-corrected chi connectivity index (χ1v) is 10.1. The largest absolute Gasteiger partial charge is 0.356 e. The number of aryl methyl sites for hydroxylation is 1. The molecule has 0 atom stereocenters. The molecule has 2 aromatic carbocycles. The first kappa shape index (κ1) is 17.2. The molecule has 1 fully saturated rings. The van der Waals surface area contributed by atoms with E-state index in [9.17, 15) is 8.42 Å². The monoisotopic (exact) mass is 371 g/mol. The molecular formula is C19H21N3O3S. The molecular weight excluding hydrogens is 350 g/mol. The van der Waals surface area contributed by atoms with Gasteiger partial charge < -0.3 is 4.52 Å². The number of piperazine rings is 1. The number of hydrogen-bond donors (Lipinski definition) is 0. The zero-order chi connectivity index (χ0) is 18.1. The summed E-state index contributed by atoms with van der Waals surface area (Å²) in [5.41, 5.74) is 2.63. The van der Waals surface area contributed by atoms with Gasteiger partial charge in [-0.05, 0) is 36.8 Å². The van der Waals surface area contributed by atoms with Gasteiger partial charge in [0.1, 0.15) is 5.69 Å². The Balaban J connectivity index is 1.44. The van der Waals surface area contributed by atoms with Crippen LogP contribution in [-0.4, -0.2) is 49.0 Å². The fourth-order valence-corrected chi connectivity index (χ4v) is 4.84. The second-order valence-electron chi connectivity index (χ2n) is 6.62.